The van der Waals surface area contributed by atoms with E-state index in [4.69, 9.17) is 11.1 Å². The van der Waals surface area contributed by atoms with Crippen molar-refractivity contribution in [3.63, 3.8) is 0 Å². The van der Waals surface area contributed by atoms with Crippen molar-refractivity contribution in [3.8, 4) is 0 Å². The molecule has 0 aromatic heterocycles. The minimum Gasteiger partial charge on any atom is -0.361 e. The molecule has 68 valence electrons. The van der Waals surface area contributed by atoms with Gasteiger partial charge in [-0.2, -0.15) is 9.58 Å². The normalized spacial score (nSPS) is 8.00. The van der Waals surface area contributed by atoms with Crippen LogP contribution >= 0.6 is 0 Å². The summed E-state index contributed by atoms with van der Waals surface area (Å²) in [4.78, 5) is 26.4. The average Bonchev–Trinajstić information content (AvgIpc) is 2.05. The molecule has 6 heteroatoms. The molecule has 13 heavy (non-hydrogen) atoms. The SMILES string of the molecule is [N-]=[N+]=CC(=O)CCCC(=O)C=[N+]=[N-]. The third-order valence-corrected chi connectivity index (χ3v) is 1.25. The summed E-state index contributed by atoms with van der Waals surface area (Å²) < 4.78 is 0. The Hall–Kier alpha value is -1.90. The fraction of sp³-hybridized carbons (Fsp3) is 0.429. The van der Waals surface area contributed by atoms with Crippen LogP contribution in [0.4, 0.5) is 0 Å². The lowest BCUT2D eigenvalue weighted by molar-refractivity contribution is -0.117. The van der Waals surface area contributed by atoms with E-state index in [1.165, 1.54) is 0 Å². The number of rotatable bonds is 6. The quantitative estimate of drug-likeness (QED) is 0.323. The van der Waals surface area contributed by atoms with Crippen LogP contribution in [-0.4, -0.2) is 33.6 Å². The molecule has 0 amide bonds. The number of carbonyl (C=O) groups is 2. The molecular weight excluding hydrogens is 172 g/mol. The maximum Gasteiger partial charge on any atom is 0.323 e. The minimum atomic E-state index is -0.351. The molecule has 0 aromatic rings. The number of hydrogen-bond donors (Lipinski definition) is 0. The Morgan fingerprint density at radius 1 is 1.00 bits per heavy atom. The van der Waals surface area contributed by atoms with E-state index in [1.807, 2.05) is 0 Å². The topological polar surface area (TPSA) is 107 Å². The monoisotopic (exact) mass is 180 g/mol. The summed E-state index contributed by atoms with van der Waals surface area (Å²) >= 11 is 0. The first-order chi connectivity index (χ1) is 6.20. The highest BCUT2D eigenvalue weighted by atomic mass is 16.1. The highest BCUT2D eigenvalue weighted by Crippen LogP contribution is 1.94. The van der Waals surface area contributed by atoms with Crippen LogP contribution in [0.2, 0.25) is 0 Å². The second-order valence-electron chi connectivity index (χ2n) is 2.28. The van der Waals surface area contributed by atoms with Crippen molar-refractivity contribution in [2.45, 2.75) is 19.3 Å². The van der Waals surface area contributed by atoms with Gasteiger partial charge >= 0.3 is 12.4 Å². The van der Waals surface area contributed by atoms with Gasteiger partial charge in [0.1, 0.15) is 0 Å². The molecule has 0 saturated carbocycles. The van der Waals surface area contributed by atoms with Crippen molar-refractivity contribution in [3.05, 3.63) is 11.1 Å². The third kappa shape index (κ3) is 6.50. The lowest BCUT2D eigenvalue weighted by Crippen LogP contribution is -2.04. The summed E-state index contributed by atoms with van der Waals surface area (Å²) in [6.07, 6.45) is 2.18. The van der Waals surface area contributed by atoms with Gasteiger partial charge in [-0.05, 0) is 6.42 Å². The largest absolute Gasteiger partial charge is 0.361 e. The van der Waals surface area contributed by atoms with E-state index in [0.717, 1.165) is 12.4 Å². The van der Waals surface area contributed by atoms with E-state index < -0.39 is 0 Å². The Kier molecular flexibility index (Phi) is 5.80. The van der Waals surface area contributed by atoms with Crippen molar-refractivity contribution in [1.82, 2.24) is 0 Å². The van der Waals surface area contributed by atoms with Gasteiger partial charge in [-0.25, -0.2) is 0 Å². The summed E-state index contributed by atoms with van der Waals surface area (Å²) in [5, 5.41) is 0. The van der Waals surface area contributed by atoms with Gasteiger partial charge in [-0.15, -0.1) is 0 Å². The van der Waals surface area contributed by atoms with Crippen LogP contribution < -0.4 is 0 Å². The van der Waals surface area contributed by atoms with Crippen LogP contribution in [0, 0.1) is 0 Å². The number of carbonyl (C=O) groups excluding carboxylic acids is 2. The second kappa shape index (κ2) is 6.79. The van der Waals surface area contributed by atoms with E-state index in [9.17, 15) is 9.59 Å². The molecular formula is C7H8N4O2. The maximum absolute atomic E-state index is 10.7. The highest BCUT2D eigenvalue weighted by Gasteiger charge is 2.06. The standard InChI is InChI=1S/C7H8N4O2/c8-10-4-6(12)2-1-3-7(13)5-11-9/h4-5H,1-3H2. The molecule has 0 aliphatic carbocycles. The Morgan fingerprint density at radius 2 is 1.38 bits per heavy atom. The first-order valence-electron chi connectivity index (χ1n) is 3.61. The summed E-state index contributed by atoms with van der Waals surface area (Å²) in [6.45, 7) is 0. The summed E-state index contributed by atoms with van der Waals surface area (Å²) in [6, 6.07) is 0. The van der Waals surface area contributed by atoms with Crippen molar-refractivity contribution < 1.29 is 19.2 Å². The lowest BCUT2D eigenvalue weighted by atomic mass is 10.1. The number of ketones is 2. The average molecular weight is 180 g/mol. The number of hydrogen-bond acceptors (Lipinski definition) is 2. The van der Waals surface area contributed by atoms with Crippen molar-refractivity contribution in [2.75, 3.05) is 0 Å². The minimum absolute atomic E-state index is 0.134. The summed E-state index contributed by atoms with van der Waals surface area (Å²) in [5.41, 5.74) is 15.9. The first-order valence-corrected chi connectivity index (χ1v) is 3.61. The van der Waals surface area contributed by atoms with Crippen molar-refractivity contribution in [1.29, 1.82) is 0 Å². The molecule has 0 saturated heterocycles. The first kappa shape index (κ1) is 11.1. The van der Waals surface area contributed by atoms with E-state index in [0.29, 0.717) is 6.42 Å². The van der Waals surface area contributed by atoms with Gasteiger partial charge in [0.15, 0.2) is 0 Å². The molecule has 0 atom stereocenters. The van der Waals surface area contributed by atoms with Gasteiger partial charge in [0.2, 0.25) is 11.6 Å². The maximum atomic E-state index is 10.7. The zero-order valence-corrected chi connectivity index (χ0v) is 6.88. The molecule has 0 fully saturated rings. The Labute approximate surface area is 74.4 Å². The van der Waals surface area contributed by atoms with Crippen LogP contribution in [0.1, 0.15) is 19.3 Å². The molecule has 0 radical (unpaired) electrons. The second-order valence-corrected chi connectivity index (χ2v) is 2.28. The van der Waals surface area contributed by atoms with Crippen molar-refractivity contribution >= 4 is 24.0 Å². The van der Waals surface area contributed by atoms with Crippen LogP contribution in [0.15, 0.2) is 0 Å². The lowest BCUT2D eigenvalue weighted by Gasteiger charge is -1.87. The van der Waals surface area contributed by atoms with E-state index >= 15 is 0 Å². The zero-order chi connectivity index (χ0) is 10.1. The van der Waals surface area contributed by atoms with Gasteiger partial charge in [0.05, 0.1) is 0 Å². The molecule has 0 aliphatic heterocycles. The molecule has 0 aromatic carbocycles. The molecule has 0 heterocycles. The Bertz CT molecular complexity index is 268. The van der Waals surface area contributed by atoms with Crippen molar-refractivity contribution in [2.24, 2.45) is 0 Å². The van der Waals surface area contributed by atoms with E-state index in [-0.39, 0.29) is 24.4 Å². The Balaban J connectivity index is 3.68. The van der Waals surface area contributed by atoms with Crippen LogP contribution in [0.3, 0.4) is 0 Å². The van der Waals surface area contributed by atoms with Gasteiger partial charge in [-0.3, -0.25) is 9.59 Å². The molecule has 0 spiro atoms. The molecule has 6 nitrogen and oxygen atoms in total. The smallest absolute Gasteiger partial charge is 0.323 e. The number of nitrogens with zero attached hydrogens (tertiary/aromatic N) is 4. The van der Waals surface area contributed by atoms with Gasteiger partial charge in [0.25, 0.3) is 0 Å². The van der Waals surface area contributed by atoms with Gasteiger partial charge < -0.3 is 11.1 Å². The van der Waals surface area contributed by atoms with E-state index in [1.54, 1.807) is 0 Å². The zero-order valence-electron chi connectivity index (χ0n) is 6.88. The van der Waals surface area contributed by atoms with Crippen LogP contribution in [0.25, 0.3) is 11.1 Å². The van der Waals surface area contributed by atoms with Gasteiger partial charge in [-0.1, -0.05) is 0 Å². The molecule has 0 rings (SSSR count). The molecule has 0 unspecified atom stereocenters. The predicted molar refractivity (Wildman–Crippen MR) is 43.2 cm³/mol. The third-order valence-electron chi connectivity index (χ3n) is 1.25. The number of Topliss-reactive ketones (excluding diaryl/α,β-unsaturated/α-hetero) is 2. The molecule has 0 bridgehead atoms. The van der Waals surface area contributed by atoms with Crippen LogP contribution in [0.5, 0.6) is 0 Å². The Morgan fingerprint density at radius 3 is 1.69 bits per heavy atom. The summed E-state index contributed by atoms with van der Waals surface area (Å²) in [5.74, 6) is -0.701. The van der Waals surface area contributed by atoms with E-state index in [2.05, 4.69) is 9.58 Å². The fourth-order valence-electron chi connectivity index (χ4n) is 0.695. The van der Waals surface area contributed by atoms with Gasteiger partial charge in [0, 0.05) is 12.8 Å². The predicted octanol–water partition coefficient (Wildman–Crippen LogP) is -0.104. The molecule has 0 N–H and O–H groups in total. The summed E-state index contributed by atoms with van der Waals surface area (Å²) in [7, 11) is 0. The highest BCUT2D eigenvalue weighted by molar-refractivity contribution is 6.26. The fourth-order valence-corrected chi connectivity index (χ4v) is 0.695. The van der Waals surface area contributed by atoms with Crippen LogP contribution in [-0.2, 0) is 9.59 Å². The molecule has 0 aliphatic rings.